The number of aliphatic carboxylic acids is 1. The fourth-order valence-corrected chi connectivity index (χ4v) is 3.02. The predicted octanol–water partition coefficient (Wildman–Crippen LogP) is 1.72. The molecule has 2 unspecified atom stereocenters. The van der Waals surface area contributed by atoms with E-state index < -0.39 is 28.2 Å². The Labute approximate surface area is 131 Å². The molecule has 0 fully saturated rings. The van der Waals surface area contributed by atoms with E-state index >= 15 is 0 Å². The first kappa shape index (κ1) is 18.6. The minimum atomic E-state index is -3.72. The van der Waals surface area contributed by atoms with E-state index in [1.807, 2.05) is 37.3 Å². The van der Waals surface area contributed by atoms with Crippen LogP contribution in [0.25, 0.3) is 0 Å². The van der Waals surface area contributed by atoms with Gasteiger partial charge in [-0.3, -0.25) is 13.9 Å². The molecule has 0 amide bonds. The minimum Gasteiger partial charge on any atom is -0.480 e. The van der Waals surface area contributed by atoms with Crippen LogP contribution in [-0.2, 0) is 25.6 Å². The normalized spacial score (nSPS) is 14.7. The number of hydrogen-bond donors (Lipinski definition) is 1. The molecule has 0 heterocycles. The smallest absolute Gasteiger partial charge is 0.323 e. The number of nitrogens with zero attached hydrogens (tertiary/aromatic N) is 1. The summed E-state index contributed by atoms with van der Waals surface area (Å²) >= 11 is 0. The molecule has 0 saturated heterocycles. The molecule has 6 nitrogen and oxygen atoms in total. The van der Waals surface area contributed by atoms with Gasteiger partial charge in [0, 0.05) is 6.54 Å². The van der Waals surface area contributed by atoms with Crippen molar-refractivity contribution in [3.8, 4) is 0 Å². The Kier molecular flexibility index (Phi) is 6.99. The van der Waals surface area contributed by atoms with Crippen LogP contribution >= 0.6 is 0 Å². The highest BCUT2D eigenvalue weighted by atomic mass is 32.2. The number of carboxylic acid groups (broad SMARTS) is 1. The minimum absolute atomic E-state index is 0.350. The highest BCUT2D eigenvalue weighted by Crippen LogP contribution is 2.17. The summed E-state index contributed by atoms with van der Waals surface area (Å²) in [6, 6.07) is 8.37. The van der Waals surface area contributed by atoms with E-state index in [4.69, 9.17) is 4.18 Å². The lowest BCUT2D eigenvalue weighted by atomic mass is 10.0. The highest BCUT2D eigenvalue weighted by Gasteiger charge is 2.34. The van der Waals surface area contributed by atoms with E-state index in [0.717, 1.165) is 11.8 Å². The zero-order valence-corrected chi connectivity index (χ0v) is 13.9. The fraction of sp³-hybridized carbons (Fsp3) is 0.533. The van der Waals surface area contributed by atoms with Crippen LogP contribution < -0.4 is 0 Å². The topological polar surface area (TPSA) is 83.9 Å². The molecule has 1 aromatic carbocycles. The third-order valence-electron chi connectivity index (χ3n) is 3.23. The van der Waals surface area contributed by atoms with Crippen molar-refractivity contribution in [2.24, 2.45) is 0 Å². The lowest BCUT2D eigenvalue weighted by Gasteiger charge is -2.30. The van der Waals surface area contributed by atoms with Crippen molar-refractivity contribution in [2.45, 2.75) is 38.5 Å². The molecule has 1 aromatic rings. The average molecular weight is 329 g/mol. The van der Waals surface area contributed by atoms with Crippen molar-refractivity contribution in [1.82, 2.24) is 4.90 Å². The second kappa shape index (κ2) is 8.26. The number of likely N-dealkylation sites (N-methyl/N-ethyl adjacent to an activating group) is 1. The molecular formula is C15H23NO5S. The molecule has 0 aliphatic carbocycles. The molecule has 0 aromatic heterocycles. The summed E-state index contributed by atoms with van der Waals surface area (Å²) in [7, 11) is -2.07. The van der Waals surface area contributed by atoms with Gasteiger partial charge in [-0.1, -0.05) is 43.7 Å². The van der Waals surface area contributed by atoms with Crippen molar-refractivity contribution >= 4 is 16.1 Å². The van der Waals surface area contributed by atoms with E-state index in [0.29, 0.717) is 19.4 Å². The molecule has 1 rings (SSSR count). The molecule has 124 valence electrons. The quantitative estimate of drug-likeness (QED) is 0.695. The lowest BCUT2D eigenvalue weighted by molar-refractivity contribution is -0.146. The summed E-state index contributed by atoms with van der Waals surface area (Å²) in [4.78, 5) is 13.2. The number of carboxylic acids is 1. The number of rotatable bonds is 9. The molecule has 0 bridgehead atoms. The third kappa shape index (κ3) is 6.13. The zero-order valence-electron chi connectivity index (χ0n) is 13.1. The first-order valence-corrected chi connectivity index (χ1v) is 8.91. The van der Waals surface area contributed by atoms with Crippen molar-refractivity contribution in [2.75, 3.05) is 13.3 Å². The molecule has 0 aliphatic heterocycles. The number of hydrogen-bond acceptors (Lipinski definition) is 5. The SMILES string of the molecule is CCCC(OS(C)(=O)=O)C(C(=O)O)N(C)Cc1ccccc1. The summed E-state index contributed by atoms with van der Waals surface area (Å²) in [5, 5.41) is 9.50. The average Bonchev–Trinajstić information content (AvgIpc) is 2.37. The van der Waals surface area contributed by atoms with Gasteiger partial charge in [0.1, 0.15) is 12.1 Å². The van der Waals surface area contributed by atoms with Crippen molar-refractivity contribution in [3.05, 3.63) is 35.9 Å². The summed E-state index contributed by atoms with van der Waals surface area (Å²) < 4.78 is 27.8. The Morgan fingerprint density at radius 1 is 1.32 bits per heavy atom. The van der Waals surface area contributed by atoms with Crippen LogP contribution in [0.2, 0.25) is 0 Å². The largest absolute Gasteiger partial charge is 0.480 e. The van der Waals surface area contributed by atoms with E-state index in [2.05, 4.69) is 0 Å². The van der Waals surface area contributed by atoms with E-state index in [-0.39, 0.29) is 0 Å². The summed E-state index contributed by atoms with van der Waals surface area (Å²) in [6.45, 7) is 2.25. The van der Waals surface area contributed by atoms with E-state index in [1.54, 1.807) is 11.9 Å². The van der Waals surface area contributed by atoms with Gasteiger partial charge in [-0.15, -0.1) is 0 Å². The molecule has 2 atom stereocenters. The van der Waals surface area contributed by atoms with Gasteiger partial charge in [0.05, 0.1) is 6.26 Å². The van der Waals surface area contributed by atoms with E-state index in [1.165, 1.54) is 0 Å². The third-order valence-corrected chi connectivity index (χ3v) is 3.82. The fourth-order valence-electron chi connectivity index (χ4n) is 2.37. The number of carbonyl (C=O) groups is 1. The molecule has 0 radical (unpaired) electrons. The van der Waals surface area contributed by atoms with Crippen molar-refractivity contribution in [1.29, 1.82) is 0 Å². The van der Waals surface area contributed by atoms with Crippen LogP contribution in [0.15, 0.2) is 30.3 Å². The Morgan fingerprint density at radius 2 is 1.91 bits per heavy atom. The Bertz CT molecular complexity index is 573. The van der Waals surface area contributed by atoms with Crippen LogP contribution in [0.4, 0.5) is 0 Å². The standard InChI is InChI=1S/C15H23NO5S/c1-4-8-13(21-22(3,19)20)14(15(17)18)16(2)11-12-9-6-5-7-10-12/h5-7,9-10,13-14H,4,8,11H2,1-3H3,(H,17,18). The maximum Gasteiger partial charge on any atom is 0.323 e. The second-order valence-corrected chi connectivity index (χ2v) is 6.91. The molecule has 7 heteroatoms. The Hall–Kier alpha value is -1.44. The molecule has 0 spiro atoms. The van der Waals surface area contributed by atoms with Crippen LogP contribution in [0.3, 0.4) is 0 Å². The first-order chi connectivity index (χ1) is 10.2. The van der Waals surface area contributed by atoms with Crippen LogP contribution in [0, 0.1) is 0 Å². The van der Waals surface area contributed by atoms with Gasteiger partial charge in [-0.25, -0.2) is 0 Å². The highest BCUT2D eigenvalue weighted by molar-refractivity contribution is 7.86. The molecular weight excluding hydrogens is 306 g/mol. The maximum atomic E-state index is 11.6. The van der Waals surface area contributed by atoms with Gasteiger partial charge in [-0.2, -0.15) is 8.42 Å². The van der Waals surface area contributed by atoms with Gasteiger partial charge in [0.2, 0.25) is 0 Å². The number of benzene rings is 1. The van der Waals surface area contributed by atoms with Crippen LogP contribution in [-0.4, -0.2) is 49.8 Å². The van der Waals surface area contributed by atoms with Gasteiger partial charge in [-0.05, 0) is 19.0 Å². The zero-order chi connectivity index (χ0) is 16.8. The summed E-state index contributed by atoms with van der Waals surface area (Å²) in [6.07, 6.45) is 1.00. The molecule has 0 saturated carbocycles. The van der Waals surface area contributed by atoms with Crippen LogP contribution in [0.1, 0.15) is 25.3 Å². The molecule has 1 N–H and O–H groups in total. The van der Waals surface area contributed by atoms with Crippen LogP contribution in [0.5, 0.6) is 0 Å². The first-order valence-electron chi connectivity index (χ1n) is 7.09. The predicted molar refractivity (Wildman–Crippen MR) is 84.0 cm³/mol. The van der Waals surface area contributed by atoms with Crippen molar-refractivity contribution < 1.29 is 22.5 Å². The van der Waals surface area contributed by atoms with E-state index in [9.17, 15) is 18.3 Å². The summed E-state index contributed by atoms with van der Waals surface area (Å²) in [5.74, 6) is -1.10. The molecule has 0 aliphatic rings. The maximum absolute atomic E-state index is 11.6. The Morgan fingerprint density at radius 3 is 2.36 bits per heavy atom. The van der Waals surface area contributed by atoms with Gasteiger partial charge < -0.3 is 5.11 Å². The molecule has 22 heavy (non-hydrogen) atoms. The lowest BCUT2D eigenvalue weighted by Crippen LogP contribution is -2.48. The monoisotopic (exact) mass is 329 g/mol. The van der Waals surface area contributed by atoms with Gasteiger partial charge in [0.15, 0.2) is 0 Å². The Balaban J connectivity index is 2.95. The summed E-state index contributed by atoms with van der Waals surface area (Å²) in [5.41, 5.74) is 0.950. The van der Waals surface area contributed by atoms with Gasteiger partial charge >= 0.3 is 5.97 Å². The van der Waals surface area contributed by atoms with Gasteiger partial charge in [0.25, 0.3) is 10.1 Å². The van der Waals surface area contributed by atoms with Crippen molar-refractivity contribution in [3.63, 3.8) is 0 Å². The second-order valence-electron chi connectivity index (χ2n) is 5.31.